The SMILES string of the molecule is COc1ccc(CNC(=O)Cc2c3c(cc4c2OCC4)OCC3)cc1. The Morgan fingerprint density at radius 1 is 1.16 bits per heavy atom. The lowest BCUT2D eigenvalue weighted by Gasteiger charge is -2.13. The number of hydrogen-bond donors (Lipinski definition) is 1. The second kappa shape index (κ2) is 6.67. The monoisotopic (exact) mass is 339 g/mol. The van der Waals surface area contributed by atoms with Crippen LogP contribution in [0.1, 0.15) is 22.3 Å². The van der Waals surface area contributed by atoms with Crippen molar-refractivity contribution < 1.29 is 19.0 Å². The summed E-state index contributed by atoms with van der Waals surface area (Å²) < 4.78 is 16.6. The van der Waals surface area contributed by atoms with Crippen molar-refractivity contribution in [2.24, 2.45) is 0 Å². The van der Waals surface area contributed by atoms with Gasteiger partial charge in [0.1, 0.15) is 17.2 Å². The third-order valence-electron chi connectivity index (χ3n) is 4.75. The van der Waals surface area contributed by atoms with Gasteiger partial charge in [0.05, 0.1) is 26.7 Å². The summed E-state index contributed by atoms with van der Waals surface area (Å²) in [6.07, 6.45) is 2.05. The molecule has 0 bridgehead atoms. The summed E-state index contributed by atoms with van der Waals surface area (Å²) in [6, 6.07) is 9.76. The van der Waals surface area contributed by atoms with E-state index in [1.807, 2.05) is 24.3 Å². The molecule has 130 valence electrons. The molecule has 2 aromatic rings. The van der Waals surface area contributed by atoms with E-state index in [0.29, 0.717) is 26.2 Å². The van der Waals surface area contributed by atoms with Gasteiger partial charge in [-0.25, -0.2) is 0 Å². The zero-order valence-electron chi connectivity index (χ0n) is 14.3. The molecule has 0 saturated carbocycles. The molecule has 4 rings (SSSR count). The lowest BCUT2D eigenvalue weighted by molar-refractivity contribution is -0.120. The van der Waals surface area contributed by atoms with E-state index in [2.05, 4.69) is 11.4 Å². The van der Waals surface area contributed by atoms with Crippen molar-refractivity contribution in [3.8, 4) is 17.2 Å². The standard InChI is InChI=1S/C20H21NO4/c1-23-15-4-2-13(3-5-15)12-21-19(22)11-17-16-7-9-24-18(16)10-14-6-8-25-20(14)17/h2-5,10H,6-9,11-12H2,1H3,(H,21,22). The largest absolute Gasteiger partial charge is 0.497 e. The van der Waals surface area contributed by atoms with Crippen molar-refractivity contribution in [1.82, 2.24) is 5.32 Å². The van der Waals surface area contributed by atoms with Crippen molar-refractivity contribution in [3.63, 3.8) is 0 Å². The predicted octanol–water partition coefficient (Wildman–Crippen LogP) is 2.42. The molecule has 1 N–H and O–H groups in total. The van der Waals surface area contributed by atoms with Gasteiger partial charge in [0, 0.05) is 36.1 Å². The molecule has 5 nitrogen and oxygen atoms in total. The second-order valence-corrected chi connectivity index (χ2v) is 6.32. The number of carbonyl (C=O) groups is 1. The van der Waals surface area contributed by atoms with E-state index in [0.717, 1.165) is 52.3 Å². The Hall–Kier alpha value is -2.69. The van der Waals surface area contributed by atoms with Crippen LogP contribution in [0.3, 0.4) is 0 Å². The summed E-state index contributed by atoms with van der Waals surface area (Å²) in [5, 5.41) is 2.99. The van der Waals surface area contributed by atoms with Gasteiger partial charge in [-0.1, -0.05) is 12.1 Å². The molecule has 0 saturated heterocycles. The number of benzene rings is 2. The lowest BCUT2D eigenvalue weighted by Crippen LogP contribution is -2.25. The number of amides is 1. The molecular formula is C20H21NO4. The van der Waals surface area contributed by atoms with Crippen LogP contribution in [0.2, 0.25) is 0 Å². The number of ether oxygens (including phenoxy) is 3. The zero-order chi connectivity index (χ0) is 17.2. The van der Waals surface area contributed by atoms with Crippen molar-refractivity contribution >= 4 is 5.91 Å². The Bertz CT molecular complexity index is 766. The minimum atomic E-state index is -0.00572. The molecule has 0 atom stereocenters. The van der Waals surface area contributed by atoms with E-state index in [1.54, 1.807) is 7.11 Å². The van der Waals surface area contributed by atoms with Crippen molar-refractivity contribution in [3.05, 3.63) is 52.6 Å². The number of methoxy groups -OCH3 is 1. The van der Waals surface area contributed by atoms with Crippen LogP contribution in [0.5, 0.6) is 17.2 Å². The van der Waals surface area contributed by atoms with Gasteiger partial charge < -0.3 is 19.5 Å². The molecule has 2 aromatic carbocycles. The first kappa shape index (κ1) is 15.8. The molecule has 2 aliphatic heterocycles. The van der Waals surface area contributed by atoms with Crippen LogP contribution in [0.15, 0.2) is 30.3 Å². The molecule has 5 heteroatoms. The van der Waals surface area contributed by atoms with Gasteiger partial charge in [0.15, 0.2) is 0 Å². The summed E-state index contributed by atoms with van der Waals surface area (Å²) in [5.41, 5.74) is 4.31. The first-order valence-electron chi connectivity index (χ1n) is 8.57. The van der Waals surface area contributed by atoms with Gasteiger partial charge in [-0.05, 0) is 23.8 Å². The van der Waals surface area contributed by atoms with Crippen molar-refractivity contribution in [2.75, 3.05) is 20.3 Å². The third-order valence-corrected chi connectivity index (χ3v) is 4.75. The summed E-state index contributed by atoms with van der Waals surface area (Å²) in [6.45, 7) is 1.86. The molecule has 0 radical (unpaired) electrons. The second-order valence-electron chi connectivity index (χ2n) is 6.32. The minimum absolute atomic E-state index is 0.00572. The zero-order valence-corrected chi connectivity index (χ0v) is 14.3. The molecular weight excluding hydrogens is 318 g/mol. The van der Waals surface area contributed by atoms with E-state index < -0.39 is 0 Å². The molecule has 2 heterocycles. The summed E-state index contributed by atoms with van der Waals surface area (Å²) in [5.74, 6) is 2.61. The van der Waals surface area contributed by atoms with E-state index in [9.17, 15) is 4.79 Å². The summed E-state index contributed by atoms with van der Waals surface area (Å²) in [7, 11) is 1.64. The molecule has 2 aliphatic rings. The lowest BCUT2D eigenvalue weighted by atomic mass is 9.97. The quantitative estimate of drug-likeness (QED) is 0.909. The fraction of sp³-hybridized carbons (Fsp3) is 0.350. The molecule has 0 spiro atoms. The Labute approximate surface area is 146 Å². The molecule has 1 amide bonds. The predicted molar refractivity (Wildman–Crippen MR) is 93.4 cm³/mol. The minimum Gasteiger partial charge on any atom is -0.497 e. The smallest absolute Gasteiger partial charge is 0.224 e. The highest BCUT2D eigenvalue weighted by atomic mass is 16.5. The van der Waals surface area contributed by atoms with Gasteiger partial charge in [-0.2, -0.15) is 0 Å². The van der Waals surface area contributed by atoms with Crippen LogP contribution >= 0.6 is 0 Å². The number of fused-ring (bicyclic) bond motifs is 2. The average molecular weight is 339 g/mol. The van der Waals surface area contributed by atoms with E-state index in [1.165, 1.54) is 0 Å². The van der Waals surface area contributed by atoms with Crippen molar-refractivity contribution in [1.29, 1.82) is 0 Å². The fourth-order valence-corrected chi connectivity index (χ4v) is 3.44. The number of rotatable bonds is 5. The van der Waals surface area contributed by atoms with Crippen LogP contribution in [-0.2, 0) is 30.6 Å². The highest BCUT2D eigenvalue weighted by Gasteiger charge is 2.27. The molecule has 0 unspecified atom stereocenters. The number of hydrogen-bond acceptors (Lipinski definition) is 4. The van der Waals surface area contributed by atoms with Crippen LogP contribution < -0.4 is 19.5 Å². The maximum absolute atomic E-state index is 12.5. The Morgan fingerprint density at radius 2 is 1.96 bits per heavy atom. The first-order valence-corrected chi connectivity index (χ1v) is 8.57. The topological polar surface area (TPSA) is 56.8 Å². The van der Waals surface area contributed by atoms with Crippen LogP contribution in [0.4, 0.5) is 0 Å². The Kier molecular flexibility index (Phi) is 4.22. The molecule has 0 fully saturated rings. The van der Waals surface area contributed by atoms with E-state index in [-0.39, 0.29) is 5.91 Å². The maximum Gasteiger partial charge on any atom is 0.224 e. The Morgan fingerprint density at radius 3 is 2.76 bits per heavy atom. The summed E-state index contributed by atoms with van der Waals surface area (Å²) in [4.78, 5) is 12.5. The number of carbonyl (C=O) groups excluding carboxylic acids is 1. The molecule has 25 heavy (non-hydrogen) atoms. The van der Waals surface area contributed by atoms with E-state index in [4.69, 9.17) is 14.2 Å². The normalized spacial score (nSPS) is 14.3. The van der Waals surface area contributed by atoms with Gasteiger partial charge >= 0.3 is 0 Å². The first-order chi connectivity index (χ1) is 12.2. The van der Waals surface area contributed by atoms with Crippen LogP contribution in [0.25, 0.3) is 0 Å². The Balaban J connectivity index is 1.46. The van der Waals surface area contributed by atoms with Gasteiger partial charge in [0.25, 0.3) is 0 Å². The molecule has 0 aliphatic carbocycles. The third kappa shape index (κ3) is 3.14. The highest BCUT2D eigenvalue weighted by molar-refractivity contribution is 5.80. The maximum atomic E-state index is 12.5. The molecule has 0 aromatic heterocycles. The highest BCUT2D eigenvalue weighted by Crippen LogP contribution is 2.40. The van der Waals surface area contributed by atoms with Gasteiger partial charge in [0.2, 0.25) is 5.91 Å². The van der Waals surface area contributed by atoms with Crippen LogP contribution in [0, 0.1) is 0 Å². The van der Waals surface area contributed by atoms with E-state index >= 15 is 0 Å². The average Bonchev–Trinajstić information content (AvgIpc) is 3.29. The van der Waals surface area contributed by atoms with Crippen molar-refractivity contribution in [2.45, 2.75) is 25.8 Å². The summed E-state index contributed by atoms with van der Waals surface area (Å²) >= 11 is 0. The van der Waals surface area contributed by atoms with Gasteiger partial charge in [-0.3, -0.25) is 4.79 Å². The fourth-order valence-electron chi connectivity index (χ4n) is 3.44. The van der Waals surface area contributed by atoms with Gasteiger partial charge in [-0.15, -0.1) is 0 Å². The van der Waals surface area contributed by atoms with Crippen LogP contribution in [-0.4, -0.2) is 26.2 Å². The number of nitrogens with one attached hydrogen (secondary N) is 1.